The number of rotatable bonds is 8. The van der Waals surface area contributed by atoms with Crippen LogP contribution < -0.4 is 0 Å². The molecule has 0 aliphatic rings. The maximum Gasteiger partial charge on any atom is 0.342 e. The van der Waals surface area contributed by atoms with Gasteiger partial charge in [0.1, 0.15) is 53.4 Å². The van der Waals surface area contributed by atoms with Gasteiger partial charge in [0, 0.05) is 5.39 Å². The first-order chi connectivity index (χ1) is 22.9. The second-order valence-electron chi connectivity index (χ2n) is 9.35. The number of hydrogen-bond acceptors (Lipinski definition) is 15. The zero-order valence-corrected chi connectivity index (χ0v) is 26.1. The van der Waals surface area contributed by atoms with Gasteiger partial charge in [0.2, 0.25) is 21.7 Å². The number of benzene rings is 3. The first kappa shape index (κ1) is 30.7. The summed E-state index contributed by atoms with van der Waals surface area (Å²) in [5.41, 5.74) is 0.784. The first-order valence-corrected chi connectivity index (χ1v) is 15.8. The molecule has 6 aromatic rings. The van der Waals surface area contributed by atoms with Gasteiger partial charge in [0.05, 0.1) is 19.7 Å². The Labute approximate surface area is 277 Å². The summed E-state index contributed by atoms with van der Waals surface area (Å²) in [5.74, 6) is -1.47. The number of ether oxygens (including phenoxy) is 2. The molecule has 0 bridgehead atoms. The maximum absolute atomic E-state index is 14.0. The van der Waals surface area contributed by atoms with E-state index in [0.717, 1.165) is 45.1 Å². The zero-order valence-electron chi connectivity index (χ0n) is 23.6. The van der Waals surface area contributed by atoms with Crippen molar-refractivity contribution in [2.45, 2.75) is 13.2 Å². The van der Waals surface area contributed by atoms with E-state index in [1.807, 2.05) is 36.4 Å². The van der Waals surface area contributed by atoms with Gasteiger partial charge in [-0.2, -0.15) is 31.0 Å². The van der Waals surface area contributed by atoms with Crippen LogP contribution in [0.25, 0.3) is 29.8 Å². The van der Waals surface area contributed by atoms with Gasteiger partial charge in [0.25, 0.3) is 0 Å². The third kappa shape index (κ3) is 6.14. The van der Waals surface area contributed by atoms with Crippen molar-refractivity contribution in [2.24, 2.45) is 9.98 Å². The van der Waals surface area contributed by atoms with E-state index in [-0.39, 0.29) is 44.8 Å². The minimum atomic E-state index is -0.738. The topological polar surface area (TPSA) is 198 Å². The lowest BCUT2D eigenvalue weighted by Crippen LogP contribution is -2.10. The Morgan fingerprint density at radius 3 is 1.66 bits per heavy atom. The van der Waals surface area contributed by atoms with E-state index >= 15 is 0 Å². The van der Waals surface area contributed by atoms with Crippen LogP contribution in [0, 0.1) is 45.3 Å². The van der Waals surface area contributed by atoms with Crippen LogP contribution in [0.4, 0.5) is 10.3 Å². The lowest BCUT2D eigenvalue weighted by atomic mass is 10.0. The Morgan fingerprint density at radius 2 is 1.13 bits per heavy atom. The molecule has 0 unspecified atom stereocenters. The third-order valence-electron chi connectivity index (χ3n) is 6.47. The molecule has 6 rings (SSSR count). The SMILES string of the molecule is N#CC(C#N)=Nc1nc2c(C(=O)OCc3ccccc3)c3sc4nc(N=C(C#N)C#N)sc4c3c(C(=O)OCc3ccccc3)c2s1. The Balaban J connectivity index is 1.61. The number of esters is 2. The fourth-order valence-electron chi connectivity index (χ4n) is 4.46. The van der Waals surface area contributed by atoms with Crippen LogP contribution in [0.3, 0.4) is 0 Å². The molecule has 12 nitrogen and oxygen atoms in total. The van der Waals surface area contributed by atoms with Gasteiger partial charge in [-0.05, 0) is 11.1 Å². The number of thiazole rings is 2. The molecule has 0 saturated carbocycles. The molecule has 3 aromatic carbocycles. The molecule has 0 atom stereocenters. The van der Waals surface area contributed by atoms with E-state index in [9.17, 15) is 30.6 Å². The Hall–Kier alpha value is -6.36. The van der Waals surface area contributed by atoms with Gasteiger partial charge in [0.15, 0.2) is 0 Å². The van der Waals surface area contributed by atoms with Gasteiger partial charge >= 0.3 is 11.9 Å². The molecule has 0 fully saturated rings. The van der Waals surface area contributed by atoms with Gasteiger partial charge in [-0.15, -0.1) is 11.3 Å². The Bertz CT molecular complexity index is 2420. The molecular weight excluding hydrogens is 657 g/mol. The van der Waals surface area contributed by atoms with Crippen molar-refractivity contribution in [1.29, 1.82) is 21.0 Å². The van der Waals surface area contributed by atoms with Crippen LogP contribution in [0.15, 0.2) is 70.6 Å². The zero-order chi connectivity index (χ0) is 32.9. The van der Waals surface area contributed by atoms with Crippen LogP contribution in [-0.4, -0.2) is 33.3 Å². The smallest absolute Gasteiger partial charge is 0.342 e. The summed E-state index contributed by atoms with van der Waals surface area (Å²) in [6, 6.07) is 24.9. The molecule has 3 aromatic heterocycles. The number of nitrogens with zero attached hydrogens (tertiary/aromatic N) is 8. The average Bonchev–Trinajstić information content (AvgIpc) is 3.80. The molecule has 0 N–H and O–H groups in total. The molecule has 224 valence electrons. The van der Waals surface area contributed by atoms with E-state index in [4.69, 9.17) is 9.47 Å². The van der Waals surface area contributed by atoms with Crippen molar-refractivity contribution in [3.63, 3.8) is 0 Å². The van der Waals surface area contributed by atoms with Gasteiger partial charge in [-0.1, -0.05) is 83.3 Å². The maximum atomic E-state index is 14.0. The highest BCUT2D eigenvalue weighted by Crippen LogP contribution is 2.48. The number of thiophene rings is 1. The van der Waals surface area contributed by atoms with Crippen LogP contribution in [0.1, 0.15) is 31.8 Å². The summed E-state index contributed by atoms with van der Waals surface area (Å²) >= 11 is 2.99. The summed E-state index contributed by atoms with van der Waals surface area (Å²) in [4.78, 5) is 45.2. The molecule has 0 amide bonds. The molecule has 0 saturated heterocycles. The second kappa shape index (κ2) is 13.3. The number of carbonyl (C=O) groups is 2. The molecule has 0 aliphatic carbocycles. The monoisotopic (exact) mass is 670 g/mol. The van der Waals surface area contributed by atoms with Crippen LogP contribution >= 0.6 is 34.0 Å². The number of hydrogen-bond donors (Lipinski definition) is 0. The summed E-state index contributed by atoms with van der Waals surface area (Å²) in [6.45, 7) is -0.104. The first-order valence-electron chi connectivity index (χ1n) is 13.3. The van der Waals surface area contributed by atoms with E-state index in [2.05, 4.69) is 20.0 Å². The fourth-order valence-corrected chi connectivity index (χ4v) is 7.82. The predicted molar refractivity (Wildman–Crippen MR) is 176 cm³/mol. The molecule has 0 aliphatic heterocycles. The van der Waals surface area contributed by atoms with Crippen molar-refractivity contribution in [2.75, 3.05) is 0 Å². The van der Waals surface area contributed by atoms with Crippen LogP contribution in [0.2, 0.25) is 0 Å². The van der Waals surface area contributed by atoms with Crippen molar-refractivity contribution < 1.29 is 19.1 Å². The van der Waals surface area contributed by atoms with Crippen LogP contribution in [-0.2, 0) is 22.7 Å². The number of nitriles is 4. The summed E-state index contributed by atoms with van der Waals surface area (Å²) < 4.78 is 12.5. The summed E-state index contributed by atoms with van der Waals surface area (Å²) in [5, 5.41) is 37.4. The molecule has 3 heterocycles. The predicted octanol–water partition coefficient (Wildman–Crippen LogP) is 7.07. The largest absolute Gasteiger partial charge is 0.457 e. The second-order valence-corrected chi connectivity index (χ2v) is 12.3. The molecule has 47 heavy (non-hydrogen) atoms. The molecular formula is C32H14N8O4S3. The quantitative estimate of drug-likeness (QED) is 0.119. The van der Waals surface area contributed by atoms with E-state index in [1.54, 1.807) is 48.5 Å². The third-order valence-corrected chi connectivity index (χ3v) is 9.63. The lowest BCUT2D eigenvalue weighted by Gasteiger charge is -2.11. The van der Waals surface area contributed by atoms with E-state index in [0.29, 0.717) is 19.6 Å². The van der Waals surface area contributed by atoms with Crippen LogP contribution in [0.5, 0.6) is 0 Å². The molecule has 0 spiro atoms. The van der Waals surface area contributed by atoms with Crippen molar-refractivity contribution in [3.05, 3.63) is 82.9 Å². The van der Waals surface area contributed by atoms with Gasteiger partial charge < -0.3 is 9.47 Å². The highest BCUT2D eigenvalue weighted by atomic mass is 32.1. The van der Waals surface area contributed by atoms with E-state index < -0.39 is 23.4 Å². The Kier molecular flexibility index (Phi) is 8.69. The number of carbonyl (C=O) groups excluding carboxylic acids is 2. The fraction of sp³-hybridized carbons (Fsp3) is 0.0625. The van der Waals surface area contributed by atoms with Gasteiger partial charge in [-0.3, -0.25) is 0 Å². The average molecular weight is 671 g/mol. The Morgan fingerprint density at radius 1 is 0.638 bits per heavy atom. The molecule has 15 heteroatoms. The highest BCUT2D eigenvalue weighted by Gasteiger charge is 2.31. The normalized spacial score (nSPS) is 10.4. The van der Waals surface area contributed by atoms with Crippen molar-refractivity contribution in [3.8, 4) is 24.3 Å². The molecule has 0 radical (unpaired) electrons. The van der Waals surface area contributed by atoms with E-state index in [1.165, 1.54) is 0 Å². The highest BCUT2D eigenvalue weighted by molar-refractivity contribution is 7.34. The number of aliphatic imine (C=N–C) groups is 2. The van der Waals surface area contributed by atoms with Crippen molar-refractivity contribution >= 4 is 97.5 Å². The lowest BCUT2D eigenvalue weighted by molar-refractivity contribution is 0.0465. The number of aromatic nitrogens is 2. The number of fused-ring (bicyclic) bond motifs is 4. The van der Waals surface area contributed by atoms with Crippen molar-refractivity contribution in [1.82, 2.24) is 9.97 Å². The summed E-state index contributed by atoms with van der Waals surface area (Å²) in [7, 11) is 0. The van der Waals surface area contributed by atoms with Gasteiger partial charge in [-0.25, -0.2) is 19.6 Å². The minimum Gasteiger partial charge on any atom is -0.457 e. The summed E-state index contributed by atoms with van der Waals surface area (Å²) in [6.07, 6.45) is 0. The minimum absolute atomic E-state index is 0.0358. The standard InChI is InChI=1S/C32H14N8O4S3/c33-11-19(12-34)37-31-39-24-23(30(42)44-16-18-9-5-2-6-10-18)25-21(27-28(45-25)40-32(47-27)38-20(13-35)14-36)22(26(24)46-31)29(41)43-15-17-7-3-1-4-8-17/h1-10H,15-16H2.